The highest BCUT2D eigenvalue weighted by Gasteiger charge is 2.37. The van der Waals surface area contributed by atoms with Crippen molar-refractivity contribution in [3.05, 3.63) is 0 Å². The van der Waals surface area contributed by atoms with Crippen molar-refractivity contribution in [2.24, 2.45) is 23.1 Å². The second-order valence-corrected chi connectivity index (χ2v) is 7.62. The predicted octanol–water partition coefficient (Wildman–Crippen LogP) is -1.91. The molecule has 11 heteroatoms. The first-order chi connectivity index (χ1) is 14.2. The maximum absolute atomic E-state index is 12.5. The second-order valence-electron chi connectivity index (χ2n) is 7.62. The minimum Gasteiger partial charge on any atom is -0.368 e. The molecule has 1 aliphatic heterocycles. The van der Waals surface area contributed by atoms with E-state index in [0.717, 1.165) is 4.90 Å². The molecule has 30 heavy (non-hydrogen) atoms. The molecule has 1 heterocycles. The molecule has 0 radical (unpaired) electrons. The number of carbonyl (C=O) groups excluding carboxylic acids is 5. The minimum atomic E-state index is -0.790. The summed E-state index contributed by atoms with van der Waals surface area (Å²) in [5, 5.41) is 5.36. The normalized spacial score (nSPS) is 18.2. The monoisotopic (exact) mass is 426 g/mol. The molecule has 5 amide bonds. The van der Waals surface area contributed by atoms with E-state index < -0.39 is 36.4 Å². The zero-order valence-electron chi connectivity index (χ0n) is 17.5. The van der Waals surface area contributed by atoms with Crippen molar-refractivity contribution in [1.29, 1.82) is 0 Å². The van der Waals surface area contributed by atoms with Gasteiger partial charge in [-0.05, 0) is 45.1 Å². The molecule has 0 aromatic carbocycles. The Labute approximate surface area is 176 Å². The van der Waals surface area contributed by atoms with Crippen molar-refractivity contribution in [3.8, 4) is 0 Å². The molecule has 11 nitrogen and oxygen atoms in total. The van der Waals surface area contributed by atoms with Crippen molar-refractivity contribution in [1.82, 2.24) is 15.5 Å². The number of primary amides is 1. The average Bonchev–Trinajstić information content (AvgIpc) is 2.92. The third kappa shape index (κ3) is 8.46. The molecule has 1 aliphatic rings. The number of hydrogen-bond acceptors (Lipinski definition) is 7. The van der Waals surface area contributed by atoms with Gasteiger partial charge in [0.15, 0.2) is 0 Å². The van der Waals surface area contributed by atoms with E-state index in [1.807, 2.05) is 0 Å². The van der Waals surface area contributed by atoms with Gasteiger partial charge in [-0.25, -0.2) is 0 Å². The number of likely N-dealkylation sites (tertiary alicyclic amines) is 1. The fourth-order valence-electron chi connectivity index (χ4n) is 3.13. The maximum Gasteiger partial charge on any atom is 0.242 e. The van der Waals surface area contributed by atoms with Gasteiger partial charge in [0.1, 0.15) is 12.6 Å². The van der Waals surface area contributed by atoms with Gasteiger partial charge in [0.05, 0.1) is 6.04 Å². The Morgan fingerprint density at radius 3 is 2.37 bits per heavy atom. The van der Waals surface area contributed by atoms with Crippen LogP contribution >= 0.6 is 0 Å². The molecule has 0 aromatic heterocycles. The Morgan fingerprint density at radius 1 is 1.13 bits per heavy atom. The number of rotatable bonds is 14. The van der Waals surface area contributed by atoms with Crippen LogP contribution in [-0.2, 0) is 24.0 Å². The summed E-state index contributed by atoms with van der Waals surface area (Å²) in [6.45, 7) is 2.07. The van der Waals surface area contributed by atoms with Crippen molar-refractivity contribution < 1.29 is 24.0 Å². The van der Waals surface area contributed by atoms with Gasteiger partial charge in [-0.15, -0.1) is 0 Å². The van der Waals surface area contributed by atoms with E-state index in [1.54, 1.807) is 6.92 Å². The van der Waals surface area contributed by atoms with Gasteiger partial charge < -0.3 is 27.8 Å². The van der Waals surface area contributed by atoms with Crippen LogP contribution in [0, 0.1) is 5.92 Å². The van der Waals surface area contributed by atoms with E-state index in [-0.39, 0.29) is 24.1 Å². The lowest BCUT2D eigenvalue weighted by atomic mass is 10.1. The van der Waals surface area contributed by atoms with Gasteiger partial charge in [0.2, 0.25) is 29.5 Å². The molecule has 0 saturated carbocycles. The van der Waals surface area contributed by atoms with Crippen LogP contribution in [-0.4, -0.2) is 66.2 Å². The summed E-state index contributed by atoms with van der Waals surface area (Å²) in [6, 6.07) is -1.50. The summed E-state index contributed by atoms with van der Waals surface area (Å²) in [7, 11) is 0. The Hall–Kier alpha value is -2.53. The molecular weight excluding hydrogens is 392 g/mol. The third-order valence-electron chi connectivity index (χ3n) is 4.98. The zero-order chi connectivity index (χ0) is 22.7. The molecule has 3 atom stereocenters. The number of imide groups is 1. The van der Waals surface area contributed by atoms with E-state index >= 15 is 0 Å². The number of unbranched alkanes of at least 4 members (excludes halogenated alkanes) is 2. The Bertz CT molecular complexity index is 641. The van der Waals surface area contributed by atoms with Crippen molar-refractivity contribution in [3.63, 3.8) is 0 Å². The van der Waals surface area contributed by atoms with Crippen LogP contribution < -0.4 is 27.8 Å². The summed E-state index contributed by atoms with van der Waals surface area (Å²) < 4.78 is 0. The highest BCUT2D eigenvalue weighted by Crippen LogP contribution is 2.18. The van der Waals surface area contributed by atoms with Crippen LogP contribution in [0.5, 0.6) is 0 Å². The van der Waals surface area contributed by atoms with E-state index in [2.05, 4.69) is 10.6 Å². The van der Waals surface area contributed by atoms with Gasteiger partial charge >= 0.3 is 0 Å². The molecule has 0 aromatic rings. The standard InChI is InChI=1S/C19H34N6O5/c1-12-10-16(27)25(19(12)30)11-15(26)24-14(7-2-4-8-20)18(29)23-9-5-3-6-13(21)17(22)28/h12-14H,2-11,20-21H2,1H3,(H2,22,28)(H,23,29)(H,24,26). The molecule has 3 unspecified atom stereocenters. The smallest absolute Gasteiger partial charge is 0.242 e. The van der Waals surface area contributed by atoms with E-state index in [4.69, 9.17) is 17.2 Å². The van der Waals surface area contributed by atoms with Gasteiger partial charge in [-0.2, -0.15) is 0 Å². The maximum atomic E-state index is 12.5. The fourth-order valence-corrected chi connectivity index (χ4v) is 3.13. The Balaban J connectivity index is 2.51. The quantitative estimate of drug-likeness (QED) is 0.158. The van der Waals surface area contributed by atoms with Crippen LogP contribution in [0.25, 0.3) is 0 Å². The fraction of sp³-hybridized carbons (Fsp3) is 0.737. The van der Waals surface area contributed by atoms with Gasteiger partial charge in [-0.1, -0.05) is 6.92 Å². The van der Waals surface area contributed by atoms with Crippen LogP contribution in [0.3, 0.4) is 0 Å². The number of nitrogens with zero attached hydrogens (tertiary/aromatic N) is 1. The van der Waals surface area contributed by atoms with Gasteiger partial charge in [0, 0.05) is 18.9 Å². The lowest BCUT2D eigenvalue weighted by molar-refractivity contribution is -0.143. The molecule has 0 aliphatic carbocycles. The Morgan fingerprint density at radius 2 is 1.80 bits per heavy atom. The number of nitrogens with one attached hydrogen (secondary N) is 2. The van der Waals surface area contributed by atoms with Crippen molar-refractivity contribution in [2.75, 3.05) is 19.6 Å². The first kappa shape index (κ1) is 25.5. The van der Waals surface area contributed by atoms with E-state index in [0.29, 0.717) is 51.6 Å². The molecule has 170 valence electrons. The molecule has 1 saturated heterocycles. The zero-order valence-corrected chi connectivity index (χ0v) is 17.5. The molecule has 8 N–H and O–H groups in total. The van der Waals surface area contributed by atoms with Crippen molar-refractivity contribution in [2.45, 2.75) is 64.0 Å². The first-order valence-corrected chi connectivity index (χ1v) is 10.3. The van der Waals surface area contributed by atoms with Crippen molar-refractivity contribution >= 4 is 29.5 Å². The number of carbonyl (C=O) groups is 5. The SMILES string of the molecule is CC1CC(=O)N(CC(=O)NC(CCCCN)C(=O)NCCCCC(N)C(N)=O)C1=O. The number of hydrogen-bond donors (Lipinski definition) is 5. The average molecular weight is 427 g/mol. The summed E-state index contributed by atoms with van der Waals surface area (Å²) in [5.41, 5.74) is 16.1. The summed E-state index contributed by atoms with van der Waals surface area (Å²) in [5.74, 6) is -2.68. The summed E-state index contributed by atoms with van der Waals surface area (Å²) in [6.07, 6.45) is 3.47. The van der Waals surface area contributed by atoms with Crippen LogP contribution in [0.2, 0.25) is 0 Å². The molecule has 0 bridgehead atoms. The van der Waals surface area contributed by atoms with Crippen LogP contribution in [0.15, 0.2) is 0 Å². The van der Waals surface area contributed by atoms with E-state index in [9.17, 15) is 24.0 Å². The number of amides is 5. The molecule has 1 fully saturated rings. The van der Waals surface area contributed by atoms with Gasteiger partial charge in [0.25, 0.3) is 0 Å². The van der Waals surface area contributed by atoms with E-state index in [1.165, 1.54) is 0 Å². The predicted molar refractivity (Wildman–Crippen MR) is 109 cm³/mol. The van der Waals surface area contributed by atoms with Crippen LogP contribution in [0.4, 0.5) is 0 Å². The molecular formula is C19H34N6O5. The summed E-state index contributed by atoms with van der Waals surface area (Å²) >= 11 is 0. The highest BCUT2D eigenvalue weighted by atomic mass is 16.2. The lowest BCUT2D eigenvalue weighted by Crippen LogP contribution is -2.50. The topological polar surface area (TPSA) is 191 Å². The second kappa shape index (κ2) is 12.9. The molecule has 1 rings (SSSR count). The Kier molecular flexibility index (Phi) is 11.0. The van der Waals surface area contributed by atoms with Crippen LogP contribution in [0.1, 0.15) is 51.9 Å². The summed E-state index contributed by atoms with van der Waals surface area (Å²) in [4.78, 5) is 60.5. The first-order valence-electron chi connectivity index (χ1n) is 10.3. The lowest BCUT2D eigenvalue weighted by Gasteiger charge is -2.20. The highest BCUT2D eigenvalue weighted by molar-refractivity contribution is 6.06. The largest absolute Gasteiger partial charge is 0.368 e. The third-order valence-corrected chi connectivity index (χ3v) is 4.98. The molecule has 0 spiro atoms. The number of nitrogens with two attached hydrogens (primary N) is 3. The minimum absolute atomic E-state index is 0.0892. The van der Waals surface area contributed by atoms with Gasteiger partial charge in [-0.3, -0.25) is 28.9 Å².